The Morgan fingerprint density at radius 2 is 2.04 bits per heavy atom. The van der Waals surface area contributed by atoms with E-state index < -0.39 is 0 Å². The molecular formula is C18H34IN5S. The van der Waals surface area contributed by atoms with Crippen LogP contribution in [0.3, 0.4) is 0 Å². The van der Waals surface area contributed by atoms with Gasteiger partial charge in [-0.05, 0) is 39.7 Å². The fourth-order valence-corrected chi connectivity index (χ4v) is 4.39. The van der Waals surface area contributed by atoms with Crippen LogP contribution in [0.5, 0.6) is 0 Å². The van der Waals surface area contributed by atoms with Crippen molar-refractivity contribution in [2.75, 3.05) is 33.2 Å². The third-order valence-electron chi connectivity index (χ3n) is 4.78. The summed E-state index contributed by atoms with van der Waals surface area (Å²) in [6.07, 6.45) is 6.36. The van der Waals surface area contributed by atoms with Crippen molar-refractivity contribution in [1.29, 1.82) is 0 Å². The summed E-state index contributed by atoms with van der Waals surface area (Å²) in [6, 6.07) is 0.771. The first-order valence-corrected chi connectivity index (χ1v) is 10.1. The van der Waals surface area contributed by atoms with E-state index in [0.29, 0.717) is 0 Å². The first-order valence-electron chi connectivity index (χ1n) is 9.25. The lowest BCUT2D eigenvalue weighted by molar-refractivity contribution is 0.147. The highest BCUT2D eigenvalue weighted by atomic mass is 127. The molecule has 7 heteroatoms. The second kappa shape index (κ2) is 12.1. The Morgan fingerprint density at radius 3 is 2.68 bits per heavy atom. The van der Waals surface area contributed by atoms with Crippen LogP contribution >= 0.6 is 35.3 Å². The number of hydrogen-bond acceptors (Lipinski definition) is 4. The van der Waals surface area contributed by atoms with Crippen LogP contribution in [0.15, 0.2) is 4.99 Å². The first kappa shape index (κ1) is 22.6. The number of nitrogens with one attached hydrogen (secondary N) is 2. The van der Waals surface area contributed by atoms with Crippen molar-refractivity contribution in [3.05, 3.63) is 15.6 Å². The van der Waals surface area contributed by atoms with Crippen LogP contribution in [0.25, 0.3) is 0 Å². The highest BCUT2D eigenvalue weighted by Gasteiger charge is 2.19. The molecule has 1 aromatic heterocycles. The van der Waals surface area contributed by atoms with Gasteiger partial charge in [-0.15, -0.1) is 35.3 Å². The third-order valence-corrected chi connectivity index (χ3v) is 5.91. The average molecular weight is 479 g/mol. The molecule has 1 atom stereocenters. The topological polar surface area (TPSA) is 52.5 Å². The van der Waals surface area contributed by atoms with Crippen LogP contribution in [0.4, 0.5) is 0 Å². The summed E-state index contributed by atoms with van der Waals surface area (Å²) < 4.78 is 0. The Hall–Kier alpha value is -0.410. The average Bonchev–Trinajstić information content (AvgIpc) is 2.91. The number of aryl methyl sites for hydroxylation is 2. The molecule has 1 unspecified atom stereocenters. The van der Waals surface area contributed by atoms with Gasteiger partial charge < -0.3 is 10.6 Å². The van der Waals surface area contributed by atoms with E-state index in [1.54, 1.807) is 11.3 Å². The number of guanidine groups is 1. The largest absolute Gasteiger partial charge is 0.356 e. The Balaban J connectivity index is 0.00000312. The van der Waals surface area contributed by atoms with E-state index in [1.165, 1.54) is 37.1 Å². The number of halogens is 1. The van der Waals surface area contributed by atoms with Gasteiger partial charge in [0.2, 0.25) is 0 Å². The summed E-state index contributed by atoms with van der Waals surface area (Å²) in [4.78, 5) is 12.8. The van der Waals surface area contributed by atoms with Crippen molar-refractivity contribution in [1.82, 2.24) is 20.5 Å². The van der Waals surface area contributed by atoms with Gasteiger partial charge in [-0.1, -0.05) is 13.3 Å². The number of thiazole rings is 1. The summed E-state index contributed by atoms with van der Waals surface area (Å²) >= 11 is 1.79. The lowest BCUT2D eigenvalue weighted by atomic mass is 10.0. The molecular weight excluding hydrogens is 445 g/mol. The number of aliphatic imine (C=N–C) groups is 1. The zero-order valence-corrected chi connectivity index (χ0v) is 19.2. The molecule has 0 saturated carbocycles. The molecule has 2 rings (SSSR count). The molecule has 0 radical (unpaired) electrons. The minimum Gasteiger partial charge on any atom is -0.356 e. The number of hydrogen-bond donors (Lipinski definition) is 2. The molecule has 0 aromatic carbocycles. The van der Waals surface area contributed by atoms with Gasteiger partial charge in [-0.2, -0.15) is 0 Å². The van der Waals surface area contributed by atoms with Gasteiger partial charge in [0.05, 0.1) is 10.7 Å². The number of piperidine rings is 1. The summed E-state index contributed by atoms with van der Waals surface area (Å²) in [6.45, 7) is 10.7. The monoisotopic (exact) mass is 479 g/mol. The van der Waals surface area contributed by atoms with Gasteiger partial charge in [0.15, 0.2) is 5.96 Å². The maximum atomic E-state index is 4.48. The standard InChI is InChI=1S/C18H33N5S.HI/c1-5-16-8-6-7-12-23(16)13-11-21-18(19-4)20-10-9-17-14(2)22-15(3)24-17;/h16H,5-13H2,1-4H3,(H2,19,20,21);1H. The molecule has 2 N–H and O–H groups in total. The van der Waals surface area contributed by atoms with Crippen molar-refractivity contribution in [3.8, 4) is 0 Å². The lowest BCUT2D eigenvalue weighted by Crippen LogP contribution is -2.46. The molecule has 0 aliphatic carbocycles. The van der Waals surface area contributed by atoms with E-state index in [2.05, 4.69) is 46.3 Å². The minimum atomic E-state index is 0. The summed E-state index contributed by atoms with van der Waals surface area (Å²) in [5, 5.41) is 8.02. The summed E-state index contributed by atoms with van der Waals surface area (Å²) in [7, 11) is 1.84. The van der Waals surface area contributed by atoms with E-state index in [-0.39, 0.29) is 24.0 Å². The van der Waals surface area contributed by atoms with Crippen LogP contribution in [-0.4, -0.2) is 55.1 Å². The van der Waals surface area contributed by atoms with Gasteiger partial charge in [0.1, 0.15) is 0 Å². The van der Waals surface area contributed by atoms with E-state index >= 15 is 0 Å². The normalized spacial score (nSPS) is 18.7. The number of aromatic nitrogens is 1. The van der Waals surface area contributed by atoms with Gasteiger partial charge in [-0.3, -0.25) is 9.89 Å². The molecule has 1 saturated heterocycles. The van der Waals surface area contributed by atoms with Crippen LogP contribution in [-0.2, 0) is 6.42 Å². The highest BCUT2D eigenvalue weighted by Crippen LogP contribution is 2.18. The SMILES string of the molecule is CCC1CCCCN1CCNC(=NC)NCCc1sc(C)nc1C.I. The van der Waals surface area contributed by atoms with Crippen molar-refractivity contribution < 1.29 is 0 Å². The fraction of sp³-hybridized carbons (Fsp3) is 0.778. The van der Waals surface area contributed by atoms with E-state index in [0.717, 1.165) is 48.8 Å². The van der Waals surface area contributed by atoms with E-state index in [1.807, 2.05) is 7.05 Å². The Bertz CT molecular complexity index is 532. The first-order chi connectivity index (χ1) is 11.6. The molecule has 0 bridgehead atoms. The lowest BCUT2D eigenvalue weighted by Gasteiger charge is -2.35. The van der Waals surface area contributed by atoms with Crippen LogP contribution in [0.2, 0.25) is 0 Å². The highest BCUT2D eigenvalue weighted by molar-refractivity contribution is 14.0. The van der Waals surface area contributed by atoms with Gasteiger partial charge in [0, 0.05) is 44.0 Å². The van der Waals surface area contributed by atoms with Crippen molar-refractivity contribution in [2.45, 2.75) is 58.9 Å². The molecule has 25 heavy (non-hydrogen) atoms. The van der Waals surface area contributed by atoms with Crippen LogP contribution in [0, 0.1) is 13.8 Å². The van der Waals surface area contributed by atoms with E-state index in [4.69, 9.17) is 0 Å². The molecule has 1 aromatic rings. The van der Waals surface area contributed by atoms with Crippen molar-refractivity contribution in [2.24, 2.45) is 4.99 Å². The van der Waals surface area contributed by atoms with E-state index in [9.17, 15) is 0 Å². The smallest absolute Gasteiger partial charge is 0.191 e. The Labute approximate surface area is 174 Å². The molecule has 2 heterocycles. The summed E-state index contributed by atoms with van der Waals surface area (Å²) in [5.74, 6) is 0.902. The second-order valence-corrected chi connectivity index (χ2v) is 7.80. The third kappa shape index (κ3) is 7.38. The Kier molecular flexibility index (Phi) is 10.9. The van der Waals surface area contributed by atoms with Gasteiger partial charge in [0.25, 0.3) is 0 Å². The summed E-state index contributed by atoms with van der Waals surface area (Å²) in [5.41, 5.74) is 1.16. The number of likely N-dealkylation sites (tertiary alicyclic amines) is 1. The fourth-order valence-electron chi connectivity index (χ4n) is 3.46. The zero-order chi connectivity index (χ0) is 17.4. The van der Waals surface area contributed by atoms with Crippen molar-refractivity contribution in [3.63, 3.8) is 0 Å². The molecule has 5 nitrogen and oxygen atoms in total. The molecule has 1 aliphatic heterocycles. The quantitative estimate of drug-likeness (QED) is 0.358. The van der Waals surface area contributed by atoms with Gasteiger partial charge >= 0.3 is 0 Å². The van der Waals surface area contributed by atoms with Crippen LogP contribution in [0.1, 0.15) is 48.2 Å². The van der Waals surface area contributed by atoms with Crippen molar-refractivity contribution >= 4 is 41.3 Å². The maximum Gasteiger partial charge on any atom is 0.191 e. The molecule has 0 amide bonds. The number of nitrogens with zero attached hydrogens (tertiary/aromatic N) is 3. The Morgan fingerprint density at radius 1 is 1.28 bits per heavy atom. The molecule has 1 aliphatic rings. The predicted octanol–water partition coefficient (Wildman–Crippen LogP) is 3.35. The predicted molar refractivity (Wildman–Crippen MR) is 120 cm³/mol. The second-order valence-electron chi connectivity index (χ2n) is 6.51. The zero-order valence-electron chi connectivity index (χ0n) is 16.1. The van der Waals surface area contributed by atoms with Crippen LogP contribution < -0.4 is 10.6 Å². The minimum absolute atomic E-state index is 0. The maximum absolute atomic E-state index is 4.48. The molecule has 144 valence electrons. The number of rotatable bonds is 7. The van der Waals surface area contributed by atoms with Gasteiger partial charge in [-0.25, -0.2) is 4.98 Å². The molecule has 1 fully saturated rings. The molecule has 0 spiro atoms.